The molecular weight excluding hydrogens is 324 g/mol. The standard InChI is InChI=1S/C27H50/c1-9-17-27(8)23(10-2)13-15-25-21(6)11-14-24(22(7)18-19(3)4)20(5)12-16-26(25)27/h19-24H,9-18H2,1-8H3. The van der Waals surface area contributed by atoms with Crippen molar-refractivity contribution in [2.75, 3.05) is 0 Å². The Kier molecular flexibility index (Phi) is 8.51. The van der Waals surface area contributed by atoms with Crippen molar-refractivity contribution in [3.05, 3.63) is 11.1 Å². The van der Waals surface area contributed by atoms with E-state index in [2.05, 4.69) is 55.4 Å². The van der Waals surface area contributed by atoms with Gasteiger partial charge in [-0.3, -0.25) is 0 Å². The molecule has 0 aliphatic heterocycles. The Morgan fingerprint density at radius 3 is 2.26 bits per heavy atom. The molecule has 0 N–H and O–H groups in total. The SMILES string of the molecule is CCCC1(C)C2=C(CCC1CC)C(C)CCC(C(C)CC(C)C)C(C)CC2. The van der Waals surface area contributed by atoms with Gasteiger partial charge in [-0.2, -0.15) is 0 Å². The maximum atomic E-state index is 2.65. The molecule has 0 spiro atoms. The highest BCUT2D eigenvalue weighted by Crippen LogP contribution is 2.54. The van der Waals surface area contributed by atoms with Crippen LogP contribution < -0.4 is 0 Å². The minimum absolute atomic E-state index is 0.481. The Labute approximate surface area is 172 Å². The molecule has 6 unspecified atom stereocenters. The molecule has 0 amide bonds. The average Bonchev–Trinajstić information content (AvgIpc) is 2.65. The van der Waals surface area contributed by atoms with Crippen molar-refractivity contribution in [2.45, 2.75) is 120 Å². The van der Waals surface area contributed by atoms with Crippen LogP contribution in [0.1, 0.15) is 120 Å². The molecule has 0 nitrogen and oxygen atoms in total. The van der Waals surface area contributed by atoms with Crippen LogP contribution in [0.4, 0.5) is 0 Å². The van der Waals surface area contributed by atoms with Crippen LogP contribution in [0.3, 0.4) is 0 Å². The quantitative estimate of drug-likeness (QED) is 0.407. The van der Waals surface area contributed by atoms with Gasteiger partial charge in [0.2, 0.25) is 0 Å². The number of rotatable bonds is 6. The molecule has 0 aromatic rings. The molecule has 0 saturated heterocycles. The smallest absolute Gasteiger partial charge is 0.00854 e. The van der Waals surface area contributed by atoms with Gasteiger partial charge in [0.15, 0.2) is 0 Å². The minimum atomic E-state index is 0.481. The second kappa shape index (κ2) is 9.98. The summed E-state index contributed by atoms with van der Waals surface area (Å²) in [4.78, 5) is 0. The molecule has 158 valence electrons. The lowest BCUT2D eigenvalue weighted by atomic mass is 9.59. The summed E-state index contributed by atoms with van der Waals surface area (Å²) in [6, 6.07) is 0. The van der Waals surface area contributed by atoms with E-state index in [4.69, 9.17) is 0 Å². The highest BCUT2D eigenvalue weighted by atomic mass is 14.5. The lowest BCUT2D eigenvalue weighted by Gasteiger charge is -2.46. The van der Waals surface area contributed by atoms with Crippen molar-refractivity contribution in [1.29, 1.82) is 0 Å². The van der Waals surface area contributed by atoms with Gasteiger partial charge in [-0.1, -0.05) is 79.4 Å². The third-order valence-electron chi connectivity index (χ3n) is 8.68. The molecule has 0 radical (unpaired) electrons. The first-order valence-corrected chi connectivity index (χ1v) is 12.5. The van der Waals surface area contributed by atoms with Crippen molar-refractivity contribution in [2.24, 2.45) is 40.9 Å². The zero-order chi connectivity index (χ0) is 20.2. The van der Waals surface area contributed by atoms with Gasteiger partial charge in [0.25, 0.3) is 0 Å². The summed E-state index contributed by atoms with van der Waals surface area (Å²) in [7, 11) is 0. The number of allylic oxidation sites excluding steroid dienone is 2. The van der Waals surface area contributed by atoms with Gasteiger partial charge in [-0.05, 0) is 92.3 Å². The van der Waals surface area contributed by atoms with Gasteiger partial charge in [0.05, 0.1) is 0 Å². The van der Waals surface area contributed by atoms with E-state index in [1.807, 2.05) is 11.1 Å². The molecule has 0 aromatic carbocycles. The zero-order valence-electron chi connectivity index (χ0n) is 20.0. The molecular formula is C27H50. The molecule has 0 aromatic heterocycles. The van der Waals surface area contributed by atoms with E-state index >= 15 is 0 Å². The molecule has 2 aliphatic rings. The summed E-state index contributed by atoms with van der Waals surface area (Å²) >= 11 is 0. The van der Waals surface area contributed by atoms with E-state index in [0.717, 1.165) is 35.5 Å². The van der Waals surface area contributed by atoms with Crippen LogP contribution in [0.25, 0.3) is 0 Å². The van der Waals surface area contributed by atoms with Crippen LogP contribution in [0.2, 0.25) is 0 Å². The van der Waals surface area contributed by atoms with E-state index in [1.165, 1.54) is 64.2 Å². The molecule has 0 heterocycles. The van der Waals surface area contributed by atoms with Gasteiger partial charge in [-0.25, -0.2) is 0 Å². The van der Waals surface area contributed by atoms with E-state index in [-0.39, 0.29) is 0 Å². The van der Waals surface area contributed by atoms with E-state index in [0.29, 0.717) is 5.41 Å². The Balaban J connectivity index is 2.29. The lowest BCUT2D eigenvalue weighted by molar-refractivity contribution is 0.166. The second-order valence-corrected chi connectivity index (χ2v) is 11.1. The first-order chi connectivity index (χ1) is 12.7. The Hall–Kier alpha value is -0.260. The van der Waals surface area contributed by atoms with Crippen LogP contribution in [0.5, 0.6) is 0 Å². The highest BCUT2D eigenvalue weighted by molar-refractivity contribution is 5.28. The Morgan fingerprint density at radius 1 is 0.963 bits per heavy atom. The van der Waals surface area contributed by atoms with E-state index < -0.39 is 0 Å². The van der Waals surface area contributed by atoms with E-state index in [1.54, 1.807) is 0 Å². The van der Waals surface area contributed by atoms with Crippen molar-refractivity contribution in [1.82, 2.24) is 0 Å². The normalized spacial score (nSPS) is 36.8. The fourth-order valence-electron chi connectivity index (χ4n) is 7.18. The molecule has 6 atom stereocenters. The van der Waals surface area contributed by atoms with Crippen LogP contribution >= 0.6 is 0 Å². The topological polar surface area (TPSA) is 0 Å². The van der Waals surface area contributed by atoms with Gasteiger partial charge in [-0.15, -0.1) is 0 Å². The molecule has 0 fully saturated rings. The molecule has 2 aliphatic carbocycles. The van der Waals surface area contributed by atoms with Crippen LogP contribution in [0, 0.1) is 40.9 Å². The van der Waals surface area contributed by atoms with Gasteiger partial charge < -0.3 is 0 Å². The summed E-state index contributed by atoms with van der Waals surface area (Å²) < 4.78 is 0. The van der Waals surface area contributed by atoms with Crippen molar-refractivity contribution >= 4 is 0 Å². The van der Waals surface area contributed by atoms with Crippen LogP contribution in [-0.4, -0.2) is 0 Å². The molecule has 0 bridgehead atoms. The third kappa shape index (κ3) is 5.22. The Morgan fingerprint density at radius 2 is 1.67 bits per heavy atom. The summed E-state index contributed by atoms with van der Waals surface area (Å²) in [6.07, 6.45) is 14.0. The molecule has 2 rings (SSSR count). The van der Waals surface area contributed by atoms with Crippen molar-refractivity contribution < 1.29 is 0 Å². The van der Waals surface area contributed by atoms with Gasteiger partial charge in [0, 0.05) is 0 Å². The maximum Gasteiger partial charge on any atom is -0.00854 e. The van der Waals surface area contributed by atoms with Gasteiger partial charge >= 0.3 is 0 Å². The average molecular weight is 375 g/mol. The number of hydrogen-bond acceptors (Lipinski definition) is 0. The monoisotopic (exact) mass is 374 g/mol. The molecule has 27 heavy (non-hydrogen) atoms. The maximum absolute atomic E-state index is 2.65. The minimum Gasteiger partial charge on any atom is -0.0676 e. The van der Waals surface area contributed by atoms with Crippen LogP contribution in [-0.2, 0) is 0 Å². The second-order valence-electron chi connectivity index (χ2n) is 11.1. The lowest BCUT2D eigenvalue weighted by Crippen LogP contribution is -2.35. The first-order valence-electron chi connectivity index (χ1n) is 12.5. The summed E-state index contributed by atoms with van der Waals surface area (Å²) in [5.74, 6) is 5.25. The van der Waals surface area contributed by atoms with Gasteiger partial charge in [0.1, 0.15) is 0 Å². The molecule has 0 saturated carbocycles. The Bertz CT molecular complexity index is 484. The summed E-state index contributed by atoms with van der Waals surface area (Å²) in [6.45, 7) is 20.0. The summed E-state index contributed by atoms with van der Waals surface area (Å²) in [5, 5.41) is 0. The fraction of sp³-hybridized carbons (Fsp3) is 0.926. The van der Waals surface area contributed by atoms with Crippen molar-refractivity contribution in [3.63, 3.8) is 0 Å². The predicted octanol–water partition coefficient (Wildman–Crippen LogP) is 9.05. The largest absolute Gasteiger partial charge is 0.0676 e. The zero-order valence-corrected chi connectivity index (χ0v) is 20.0. The van der Waals surface area contributed by atoms with Crippen molar-refractivity contribution in [3.8, 4) is 0 Å². The predicted molar refractivity (Wildman–Crippen MR) is 122 cm³/mol. The van der Waals surface area contributed by atoms with E-state index in [9.17, 15) is 0 Å². The van der Waals surface area contributed by atoms with Crippen LogP contribution in [0.15, 0.2) is 11.1 Å². The number of hydrogen-bond donors (Lipinski definition) is 0. The highest BCUT2D eigenvalue weighted by Gasteiger charge is 2.41. The third-order valence-corrected chi connectivity index (χ3v) is 8.68. The fourth-order valence-corrected chi connectivity index (χ4v) is 7.18. The molecule has 0 heteroatoms. The first kappa shape index (κ1) is 23.0. The summed E-state index contributed by atoms with van der Waals surface area (Å²) in [5.41, 5.74) is 4.31.